The van der Waals surface area contributed by atoms with E-state index in [1.54, 1.807) is 0 Å². The molecule has 0 spiro atoms. The van der Waals surface area contributed by atoms with Crippen LogP contribution in [0.4, 0.5) is 0 Å². The maximum Gasteiger partial charge on any atom is 0.423 e. The minimum absolute atomic E-state index is 0.614. The number of cyclic esters (lactones) is 1. The first-order valence-electron chi connectivity index (χ1n) is 3.92. The van der Waals surface area contributed by atoms with Gasteiger partial charge < -0.3 is 9.39 Å². The Labute approximate surface area is 71.5 Å². The number of hydrogen-bond acceptors (Lipinski definition) is 4. The van der Waals surface area contributed by atoms with Gasteiger partial charge in [-0.15, -0.1) is 0 Å². The highest BCUT2D eigenvalue weighted by Crippen LogP contribution is 2.22. The third kappa shape index (κ3) is 1.44. The molecule has 0 unspecified atom stereocenters. The maximum atomic E-state index is 10.8. The molecular weight excluding hydrogens is 159 g/mol. The van der Waals surface area contributed by atoms with Crippen molar-refractivity contribution in [2.24, 2.45) is 0 Å². The first-order valence-corrected chi connectivity index (χ1v) is 3.92. The van der Waals surface area contributed by atoms with Crippen LogP contribution in [0.5, 0.6) is 0 Å². The normalized spacial score (nSPS) is 20.8. The molecule has 0 saturated carbocycles. The molecule has 0 bridgehead atoms. The fraction of sp³-hybridized carbons (Fsp3) is 0.714. The molecule has 1 rings (SSSR count). The molecule has 65 valence electrons. The monoisotopic (exact) mass is 169 g/mol. The van der Waals surface area contributed by atoms with Gasteiger partial charge in [-0.1, -0.05) is 13.8 Å². The highest BCUT2D eigenvalue weighted by Gasteiger charge is 2.42. The van der Waals surface area contributed by atoms with Crippen LogP contribution in [0.25, 0.3) is 0 Å². The zero-order chi connectivity index (χ0) is 9.19. The molecule has 0 aliphatic carbocycles. The van der Waals surface area contributed by atoms with Gasteiger partial charge in [0, 0.05) is 0 Å². The maximum absolute atomic E-state index is 10.8. The average molecular weight is 169 g/mol. The van der Waals surface area contributed by atoms with Gasteiger partial charge in [0.1, 0.15) is 5.50 Å². The van der Waals surface area contributed by atoms with E-state index < -0.39 is 17.4 Å². The summed E-state index contributed by atoms with van der Waals surface area (Å²) in [6.07, 6.45) is 1.23. The van der Waals surface area contributed by atoms with Crippen LogP contribution in [0.1, 0.15) is 26.7 Å². The summed E-state index contributed by atoms with van der Waals surface area (Å²) in [5.74, 6) is -1.84. The summed E-state index contributed by atoms with van der Waals surface area (Å²) < 4.78 is 9.46. The topological polar surface area (TPSA) is 52.6 Å². The molecule has 1 aliphatic rings. The van der Waals surface area contributed by atoms with E-state index in [2.05, 4.69) is 4.65 Å². The number of carbonyl (C=O) groups is 2. The molecule has 5 heteroatoms. The summed E-state index contributed by atoms with van der Waals surface area (Å²) in [5, 5.41) is 0. The van der Waals surface area contributed by atoms with Crippen LogP contribution in [0.2, 0.25) is 0 Å². The van der Waals surface area contributed by atoms with Gasteiger partial charge in [0.25, 0.3) is 0 Å². The van der Waals surface area contributed by atoms with Gasteiger partial charge in [-0.25, -0.2) is 9.59 Å². The first-order chi connectivity index (χ1) is 5.63. The largest absolute Gasteiger partial charge is 0.526 e. The van der Waals surface area contributed by atoms with E-state index in [1.165, 1.54) is 7.48 Å². The predicted molar refractivity (Wildman–Crippen MR) is 41.3 cm³/mol. The molecule has 1 heterocycles. The van der Waals surface area contributed by atoms with Gasteiger partial charge in [-0.3, -0.25) is 0 Å². The highest BCUT2D eigenvalue weighted by atomic mass is 16.6. The van der Waals surface area contributed by atoms with Gasteiger partial charge in [0.05, 0.1) is 0 Å². The molecule has 0 N–H and O–H groups in total. The Bertz CT molecular complexity index is 209. The fourth-order valence-electron chi connectivity index (χ4n) is 1.02. The van der Waals surface area contributed by atoms with Gasteiger partial charge in [0.2, 0.25) is 0 Å². The Morgan fingerprint density at radius 3 is 2.25 bits per heavy atom. The Balaban J connectivity index is 2.71. The second kappa shape index (κ2) is 3.17. The van der Waals surface area contributed by atoms with Gasteiger partial charge in [0.15, 0.2) is 0 Å². The standard InChI is InChI=1S/C7H10BO4/c1-3-7(4-2)8-12-6(10)5(9)11-7/h3-4H2,1-2H3. The zero-order valence-electron chi connectivity index (χ0n) is 7.12. The van der Waals surface area contributed by atoms with Crippen molar-refractivity contribution in [1.29, 1.82) is 0 Å². The summed E-state index contributed by atoms with van der Waals surface area (Å²) in [6.45, 7) is 3.73. The minimum Gasteiger partial charge on any atom is -0.526 e. The number of esters is 1. The van der Waals surface area contributed by atoms with Crippen LogP contribution < -0.4 is 0 Å². The van der Waals surface area contributed by atoms with E-state index in [0.717, 1.165) is 0 Å². The molecule has 0 atom stereocenters. The first kappa shape index (κ1) is 9.10. The summed E-state index contributed by atoms with van der Waals surface area (Å²) in [7, 11) is 1.30. The molecule has 0 amide bonds. The Kier molecular flexibility index (Phi) is 2.40. The van der Waals surface area contributed by atoms with Gasteiger partial charge >= 0.3 is 19.4 Å². The van der Waals surface area contributed by atoms with Crippen LogP contribution in [0.3, 0.4) is 0 Å². The Hall–Kier alpha value is -0.995. The third-order valence-corrected chi connectivity index (χ3v) is 2.04. The Morgan fingerprint density at radius 1 is 1.25 bits per heavy atom. The molecule has 0 aromatic rings. The average Bonchev–Trinajstić information content (AvgIpc) is 2.10. The SMILES string of the molecule is CCC1(CC)[B]OC(=O)C(=O)O1. The van der Waals surface area contributed by atoms with Crippen LogP contribution in [-0.2, 0) is 19.0 Å². The van der Waals surface area contributed by atoms with Crippen molar-refractivity contribution < 1.29 is 19.0 Å². The van der Waals surface area contributed by atoms with Crippen molar-refractivity contribution in [2.75, 3.05) is 0 Å². The van der Waals surface area contributed by atoms with Crippen molar-refractivity contribution in [3.05, 3.63) is 0 Å². The quantitative estimate of drug-likeness (QED) is 0.337. The van der Waals surface area contributed by atoms with Crippen LogP contribution in [0, 0.1) is 0 Å². The number of hydrogen-bond donors (Lipinski definition) is 0. The lowest BCUT2D eigenvalue weighted by Gasteiger charge is -2.32. The smallest absolute Gasteiger partial charge is 0.423 e. The molecule has 0 aromatic carbocycles. The summed E-state index contributed by atoms with van der Waals surface area (Å²) in [4.78, 5) is 21.4. The minimum atomic E-state index is -0.937. The van der Waals surface area contributed by atoms with Crippen LogP contribution >= 0.6 is 0 Å². The number of carbonyl (C=O) groups excluding carboxylic acids is 2. The van der Waals surface area contributed by atoms with E-state index in [1.807, 2.05) is 13.8 Å². The lowest BCUT2D eigenvalue weighted by atomic mass is 9.70. The summed E-state index contributed by atoms with van der Waals surface area (Å²) >= 11 is 0. The molecule has 1 aliphatic heterocycles. The second-order valence-electron chi connectivity index (χ2n) is 2.68. The van der Waals surface area contributed by atoms with E-state index in [-0.39, 0.29) is 0 Å². The van der Waals surface area contributed by atoms with Crippen molar-refractivity contribution >= 4 is 19.4 Å². The molecule has 1 saturated heterocycles. The Morgan fingerprint density at radius 2 is 1.83 bits per heavy atom. The second-order valence-corrected chi connectivity index (χ2v) is 2.68. The lowest BCUT2D eigenvalue weighted by molar-refractivity contribution is -0.174. The fourth-order valence-corrected chi connectivity index (χ4v) is 1.02. The number of ether oxygens (including phenoxy) is 1. The van der Waals surface area contributed by atoms with E-state index in [0.29, 0.717) is 12.8 Å². The lowest BCUT2D eigenvalue weighted by Crippen LogP contribution is -2.49. The van der Waals surface area contributed by atoms with Gasteiger partial charge in [-0.05, 0) is 12.8 Å². The zero-order valence-corrected chi connectivity index (χ0v) is 7.12. The summed E-state index contributed by atoms with van der Waals surface area (Å²) in [5.41, 5.74) is -0.703. The molecule has 4 nitrogen and oxygen atoms in total. The highest BCUT2D eigenvalue weighted by molar-refractivity contribution is 6.46. The van der Waals surface area contributed by atoms with Crippen LogP contribution in [-0.4, -0.2) is 24.9 Å². The molecule has 0 aromatic heterocycles. The van der Waals surface area contributed by atoms with Crippen LogP contribution in [0.15, 0.2) is 0 Å². The van der Waals surface area contributed by atoms with E-state index in [4.69, 9.17) is 4.74 Å². The van der Waals surface area contributed by atoms with E-state index in [9.17, 15) is 9.59 Å². The molecule has 1 fully saturated rings. The predicted octanol–water partition coefficient (Wildman–Crippen LogP) is 0.222. The van der Waals surface area contributed by atoms with E-state index >= 15 is 0 Å². The molecule has 12 heavy (non-hydrogen) atoms. The van der Waals surface area contributed by atoms with Crippen molar-refractivity contribution in [1.82, 2.24) is 0 Å². The van der Waals surface area contributed by atoms with Gasteiger partial charge in [-0.2, -0.15) is 0 Å². The third-order valence-electron chi connectivity index (χ3n) is 2.04. The van der Waals surface area contributed by atoms with Crippen molar-refractivity contribution in [3.63, 3.8) is 0 Å². The number of rotatable bonds is 2. The molecular formula is C7H10BO4. The summed E-state index contributed by atoms with van der Waals surface area (Å²) in [6, 6.07) is 0. The molecule has 1 radical (unpaired) electrons. The van der Waals surface area contributed by atoms with Crippen molar-refractivity contribution in [2.45, 2.75) is 32.2 Å². The van der Waals surface area contributed by atoms with Crippen molar-refractivity contribution in [3.8, 4) is 0 Å².